The number of esters is 1. The van der Waals surface area contributed by atoms with Gasteiger partial charge in [-0.25, -0.2) is 9.18 Å². The van der Waals surface area contributed by atoms with Crippen LogP contribution in [0.4, 0.5) is 14.9 Å². The van der Waals surface area contributed by atoms with Crippen molar-refractivity contribution >= 4 is 29.6 Å². The van der Waals surface area contributed by atoms with Crippen molar-refractivity contribution in [1.82, 2.24) is 10.6 Å². The second-order valence-electron chi connectivity index (χ2n) is 11.5. The molecule has 11 heteroatoms. The summed E-state index contributed by atoms with van der Waals surface area (Å²) in [5.41, 5.74) is 1.39. The number of hydrogen-bond acceptors (Lipinski definition) is 7. The molecule has 1 saturated carbocycles. The van der Waals surface area contributed by atoms with Crippen LogP contribution in [0.1, 0.15) is 46.1 Å². The van der Waals surface area contributed by atoms with E-state index >= 15 is 4.39 Å². The van der Waals surface area contributed by atoms with Gasteiger partial charge in [0.15, 0.2) is 0 Å². The van der Waals surface area contributed by atoms with Gasteiger partial charge in [0.05, 0.1) is 36.7 Å². The van der Waals surface area contributed by atoms with Crippen molar-refractivity contribution < 1.29 is 38.1 Å². The summed E-state index contributed by atoms with van der Waals surface area (Å²) in [6, 6.07) is 11.5. The molecule has 1 aliphatic heterocycles. The quantitative estimate of drug-likeness (QED) is 0.416. The Balaban J connectivity index is 1.36. The molecule has 1 unspecified atom stereocenters. The summed E-state index contributed by atoms with van der Waals surface area (Å²) in [5, 5.41) is 15.5. The Labute approximate surface area is 238 Å². The lowest BCUT2D eigenvalue weighted by Crippen LogP contribution is -2.37. The zero-order valence-electron chi connectivity index (χ0n) is 23.6. The molecule has 10 nitrogen and oxygen atoms in total. The number of hydrogen-bond donors (Lipinski definition) is 3. The molecule has 4 atom stereocenters. The summed E-state index contributed by atoms with van der Waals surface area (Å²) in [6.07, 6.45) is -1.50. The number of ether oxygens (including phenoxy) is 2. The van der Waals surface area contributed by atoms with E-state index in [0.29, 0.717) is 16.8 Å². The number of nitrogens with zero attached hydrogens (tertiary/aromatic N) is 1. The van der Waals surface area contributed by atoms with Crippen LogP contribution in [0.15, 0.2) is 42.5 Å². The van der Waals surface area contributed by atoms with Crippen molar-refractivity contribution in [3.05, 3.63) is 53.8 Å². The molecule has 2 fully saturated rings. The van der Waals surface area contributed by atoms with Crippen LogP contribution in [0.2, 0.25) is 0 Å². The number of rotatable bonds is 8. The van der Waals surface area contributed by atoms with E-state index in [1.807, 2.05) is 0 Å². The van der Waals surface area contributed by atoms with Crippen molar-refractivity contribution in [3.8, 4) is 11.1 Å². The van der Waals surface area contributed by atoms with Crippen molar-refractivity contribution in [1.29, 1.82) is 0 Å². The molecule has 3 amide bonds. The number of anilines is 1. The predicted molar refractivity (Wildman–Crippen MR) is 148 cm³/mol. The largest absolute Gasteiger partial charge is 0.460 e. The number of cyclic esters (lactones) is 1. The van der Waals surface area contributed by atoms with Crippen molar-refractivity contribution in [2.45, 2.75) is 64.9 Å². The first-order valence-electron chi connectivity index (χ1n) is 13.6. The minimum absolute atomic E-state index is 0.178. The van der Waals surface area contributed by atoms with Crippen LogP contribution in [0.3, 0.4) is 0 Å². The summed E-state index contributed by atoms with van der Waals surface area (Å²) in [6.45, 7) is 7.21. The first-order valence-corrected chi connectivity index (χ1v) is 13.6. The molecule has 0 spiro atoms. The lowest BCUT2D eigenvalue weighted by molar-refractivity contribution is -0.163. The highest BCUT2D eigenvalue weighted by Crippen LogP contribution is 2.34. The van der Waals surface area contributed by atoms with E-state index in [1.165, 1.54) is 17.9 Å². The van der Waals surface area contributed by atoms with Crippen LogP contribution in [0.25, 0.3) is 11.1 Å². The molecule has 2 aromatic carbocycles. The Bertz CT molecular complexity index is 1310. The van der Waals surface area contributed by atoms with Gasteiger partial charge in [0, 0.05) is 19.0 Å². The second kappa shape index (κ2) is 12.3. The van der Waals surface area contributed by atoms with E-state index in [4.69, 9.17) is 9.47 Å². The highest BCUT2D eigenvalue weighted by molar-refractivity contribution is 5.90. The van der Waals surface area contributed by atoms with Gasteiger partial charge < -0.3 is 25.2 Å². The normalized spacial score (nSPS) is 22.3. The number of amides is 3. The van der Waals surface area contributed by atoms with Gasteiger partial charge in [-0.15, -0.1) is 0 Å². The fraction of sp³-hybridized carbons (Fsp3) is 0.467. The zero-order chi connectivity index (χ0) is 29.9. The van der Waals surface area contributed by atoms with Crippen molar-refractivity contribution in [2.75, 3.05) is 18.0 Å². The summed E-state index contributed by atoms with van der Waals surface area (Å²) in [7, 11) is 0. The molecule has 0 radical (unpaired) electrons. The minimum atomic E-state index is -0.745. The van der Waals surface area contributed by atoms with E-state index in [0.717, 1.165) is 5.56 Å². The van der Waals surface area contributed by atoms with Crippen LogP contribution < -0.4 is 15.5 Å². The van der Waals surface area contributed by atoms with Crippen LogP contribution in [-0.4, -0.2) is 59.9 Å². The van der Waals surface area contributed by atoms with Crippen LogP contribution in [0, 0.1) is 17.7 Å². The standard InChI is InChI=1S/C30H36FN3O7/c1-17(35)32-15-22-16-34(29(39)40-22)20-9-10-23(26(31)11-20)19-7-5-18(6-8-19)14-33-27(37)24-12-21(36)13-25(24)28(38)41-30(2,3)4/h5-11,21-22,24-25,36H,12-16H2,1-4H3,(H,32,35)(H,33,37)/t21-,22+,24?,25+/m1/s1. The maximum atomic E-state index is 15.1. The Morgan fingerprint density at radius 3 is 2.39 bits per heavy atom. The Hall–Kier alpha value is -3.99. The van der Waals surface area contributed by atoms with E-state index in [1.54, 1.807) is 57.2 Å². The van der Waals surface area contributed by atoms with Crippen molar-refractivity contribution in [2.24, 2.45) is 11.8 Å². The third-order valence-electron chi connectivity index (χ3n) is 7.03. The van der Waals surface area contributed by atoms with E-state index in [2.05, 4.69) is 10.6 Å². The third-order valence-corrected chi connectivity index (χ3v) is 7.03. The number of nitrogens with one attached hydrogen (secondary N) is 2. The van der Waals surface area contributed by atoms with Gasteiger partial charge in [0.1, 0.15) is 17.5 Å². The number of aliphatic hydroxyl groups excluding tert-OH is 1. The average Bonchev–Trinajstić information content (AvgIpc) is 3.48. The van der Waals surface area contributed by atoms with Gasteiger partial charge >= 0.3 is 12.1 Å². The van der Waals surface area contributed by atoms with E-state index < -0.39 is 47.5 Å². The molecule has 0 aromatic heterocycles. The Kier molecular flexibility index (Phi) is 8.96. The SMILES string of the molecule is CC(=O)NC[C@H]1CN(c2ccc(-c3ccc(CNC(=O)C4C[C@@H](O)C[C@@H]4C(=O)OC(C)(C)C)cc3)c(F)c2)C(=O)O1. The fourth-order valence-electron chi connectivity index (χ4n) is 5.06. The average molecular weight is 570 g/mol. The van der Waals surface area contributed by atoms with E-state index in [9.17, 15) is 24.3 Å². The molecular formula is C30H36FN3O7. The molecule has 3 N–H and O–H groups in total. The molecule has 4 rings (SSSR count). The number of carbonyl (C=O) groups excluding carboxylic acids is 4. The maximum absolute atomic E-state index is 15.1. The molecule has 220 valence electrons. The van der Waals surface area contributed by atoms with Crippen LogP contribution in [-0.2, 0) is 30.4 Å². The van der Waals surface area contributed by atoms with E-state index in [-0.39, 0.29) is 44.3 Å². The first kappa shape index (κ1) is 30.0. The second-order valence-corrected chi connectivity index (χ2v) is 11.5. The number of aliphatic hydroxyl groups is 1. The molecule has 1 aliphatic carbocycles. The minimum Gasteiger partial charge on any atom is -0.460 e. The first-order chi connectivity index (χ1) is 19.3. The highest BCUT2D eigenvalue weighted by Gasteiger charge is 2.44. The van der Waals surface area contributed by atoms with Gasteiger partial charge in [-0.1, -0.05) is 24.3 Å². The number of benzene rings is 2. The molecule has 2 aliphatic rings. The van der Waals surface area contributed by atoms with Crippen molar-refractivity contribution in [3.63, 3.8) is 0 Å². The van der Waals surface area contributed by atoms with Gasteiger partial charge in [-0.3, -0.25) is 19.3 Å². The smallest absolute Gasteiger partial charge is 0.414 e. The lowest BCUT2D eigenvalue weighted by Gasteiger charge is -2.24. The lowest BCUT2D eigenvalue weighted by atomic mass is 9.94. The monoisotopic (exact) mass is 569 g/mol. The molecular weight excluding hydrogens is 533 g/mol. The molecule has 1 saturated heterocycles. The summed E-state index contributed by atoms with van der Waals surface area (Å²) in [5.74, 6) is -2.96. The molecule has 41 heavy (non-hydrogen) atoms. The third kappa shape index (κ3) is 7.60. The van der Waals surface area contributed by atoms with Gasteiger partial charge in [0.25, 0.3) is 0 Å². The molecule has 2 aromatic rings. The summed E-state index contributed by atoms with van der Waals surface area (Å²) >= 11 is 0. The maximum Gasteiger partial charge on any atom is 0.414 e. The van der Waals surface area contributed by atoms with Gasteiger partial charge in [-0.05, 0) is 62.9 Å². The predicted octanol–water partition coefficient (Wildman–Crippen LogP) is 3.30. The number of halogens is 1. The summed E-state index contributed by atoms with van der Waals surface area (Å²) < 4.78 is 25.8. The van der Waals surface area contributed by atoms with Gasteiger partial charge in [-0.2, -0.15) is 0 Å². The van der Waals surface area contributed by atoms with Crippen LogP contribution in [0.5, 0.6) is 0 Å². The van der Waals surface area contributed by atoms with Gasteiger partial charge in [0.2, 0.25) is 11.8 Å². The van der Waals surface area contributed by atoms with Crippen LogP contribution >= 0.6 is 0 Å². The zero-order valence-corrected chi connectivity index (χ0v) is 23.6. The Morgan fingerprint density at radius 2 is 1.76 bits per heavy atom. The Morgan fingerprint density at radius 1 is 1.07 bits per heavy atom. The topological polar surface area (TPSA) is 134 Å². The fourth-order valence-corrected chi connectivity index (χ4v) is 5.06. The molecule has 1 heterocycles. The molecule has 0 bridgehead atoms. The number of carbonyl (C=O) groups is 4. The highest BCUT2D eigenvalue weighted by atomic mass is 19.1. The summed E-state index contributed by atoms with van der Waals surface area (Å²) in [4.78, 5) is 50.2.